The summed E-state index contributed by atoms with van der Waals surface area (Å²) in [6, 6.07) is 9.42. The first-order valence-corrected chi connectivity index (χ1v) is 13.7. The fraction of sp³-hybridized carbons (Fsp3) is 0.517. The first-order valence-electron chi connectivity index (χ1n) is 13.7. The van der Waals surface area contributed by atoms with E-state index in [1.807, 2.05) is 17.2 Å². The lowest BCUT2D eigenvalue weighted by atomic mass is 9.76. The topological polar surface area (TPSA) is 139 Å². The lowest BCUT2D eigenvalue weighted by Gasteiger charge is -2.38. The van der Waals surface area contributed by atoms with Gasteiger partial charge in [-0.2, -0.15) is 26.3 Å². The number of carbonyl (C=O) groups excluding carboxylic acids is 1. The number of alkyl halides is 6. The summed E-state index contributed by atoms with van der Waals surface area (Å²) in [5, 5.41) is 14.2. The van der Waals surface area contributed by atoms with Gasteiger partial charge in [0.2, 0.25) is 0 Å². The number of nitrogens with zero attached hydrogens (tertiary/aromatic N) is 3. The maximum absolute atomic E-state index is 13.1. The van der Waals surface area contributed by atoms with Crippen molar-refractivity contribution in [3.8, 4) is 11.5 Å². The van der Waals surface area contributed by atoms with Crippen LogP contribution in [0.3, 0.4) is 0 Å². The zero-order valence-electron chi connectivity index (χ0n) is 25.2. The number of carboxylic acid groups (broad SMARTS) is 2. The highest BCUT2D eigenvalue weighted by atomic mass is 19.4. The molecule has 1 aromatic carbocycles. The van der Waals surface area contributed by atoms with Crippen molar-refractivity contribution >= 4 is 17.8 Å². The summed E-state index contributed by atoms with van der Waals surface area (Å²) >= 11 is 0. The maximum atomic E-state index is 13.1. The van der Waals surface area contributed by atoms with E-state index in [2.05, 4.69) is 23.0 Å². The van der Waals surface area contributed by atoms with E-state index in [4.69, 9.17) is 34.0 Å². The third kappa shape index (κ3) is 12.0. The molecule has 1 unspecified atom stereocenters. The van der Waals surface area contributed by atoms with Gasteiger partial charge in [0.05, 0.1) is 26.9 Å². The van der Waals surface area contributed by atoms with E-state index in [-0.39, 0.29) is 17.4 Å². The van der Waals surface area contributed by atoms with Crippen molar-refractivity contribution in [2.45, 2.75) is 44.3 Å². The Hall–Kier alpha value is -4.12. The molecule has 17 heteroatoms. The van der Waals surface area contributed by atoms with E-state index in [1.54, 1.807) is 38.6 Å². The van der Waals surface area contributed by atoms with Gasteiger partial charge in [-0.15, -0.1) is 0 Å². The first-order chi connectivity index (χ1) is 21.4. The van der Waals surface area contributed by atoms with Crippen LogP contribution in [0.4, 0.5) is 26.3 Å². The maximum Gasteiger partial charge on any atom is 0.490 e. The number of aromatic nitrogens is 1. The van der Waals surface area contributed by atoms with E-state index in [0.717, 1.165) is 52.0 Å². The molecule has 1 amide bonds. The molecule has 1 spiro atoms. The molecule has 0 aliphatic carbocycles. The summed E-state index contributed by atoms with van der Waals surface area (Å²) in [7, 11) is 5.32. The third-order valence-corrected chi connectivity index (χ3v) is 7.17. The van der Waals surface area contributed by atoms with Crippen LogP contribution in [0.25, 0.3) is 0 Å². The molecule has 2 N–H and O–H groups in total. The predicted octanol–water partition coefficient (Wildman–Crippen LogP) is 4.51. The fourth-order valence-electron chi connectivity index (χ4n) is 4.87. The van der Waals surface area contributed by atoms with E-state index in [0.29, 0.717) is 17.1 Å². The fourth-order valence-corrected chi connectivity index (χ4v) is 4.87. The third-order valence-electron chi connectivity index (χ3n) is 7.17. The van der Waals surface area contributed by atoms with Gasteiger partial charge >= 0.3 is 24.3 Å². The molecule has 2 aromatic rings. The highest BCUT2D eigenvalue weighted by Crippen LogP contribution is 2.42. The van der Waals surface area contributed by atoms with Crippen LogP contribution in [0.5, 0.6) is 11.5 Å². The molecule has 0 saturated carbocycles. The molecule has 0 bridgehead atoms. The molecule has 4 rings (SSSR count). The van der Waals surface area contributed by atoms with E-state index >= 15 is 0 Å². The molecule has 256 valence electrons. The number of carbonyl (C=O) groups is 3. The summed E-state index contributed by atoms with van der Waals surface area (Å²) in [6.07, 6.45) is -3.21. The highest BCUT2D eigenvalue weighted by molar-refractivity contribution is 5.95. The number of piperidine rings is 1. The van der Waals surface area contributed by atoms with Gasteiger partial charge in [0.15, 0.2) is 0 Å². The van der Waals surface area contributed by atoms with Crippen molar-refractivity contribution in [3.63, 3.8) is 0 Å². The normalized spacial score (nSPS) is 17.3. The Morgan fingerprint density at radius 1 is 1.00 bits per heavy atom. The lowest BCUT2D eigenvalue weighted by Crippen LogP contribution is -2.43. The van der Waals surface area contributed by atoms with Crippen molar-refractivity contribution in [1.29, 1.82) is 0 Å². The van der Waals surface area contributed by atoms with Gasteiger partial charge in [0, 0.05) is 50.2 Å². The number of amides is 1. The van der Waals surface area contributed by atoms with Gasteiger partial charge in [-0.25, -0.2) is 9.59 Å². The Morgan fingerprint density at radius 3 is 1.96 bits per heavy atom. The summed E-state index contributed by atoms with van der Waals surface area (Å²) in [5.74, 6) is -4.23. The minimum Gasteiger partial charge on any atom is -0.497 e. The number of carboxylic acids is 2. The van der Waals surface area contributed by atoms with Crippen LogP contribution in [0.15, 0.2) is 42.7 Å². The van der Waals surface area contributed by atoms with Crippen LogP contribution in [0, 0.1) is 5.41 Å². The molecular formula is C29H35F6N3O8. The number of methoxy groups -OCH3 is 2. The standard InChI is InChI=1S/C25H33N3O4.2C2HF3O2/c1-27(16-19-5-4-8-26-15-19)17-23-14-25(18-32-23)6-9-28(10-7-25)24(29)20-11-21(30-2)13-22(12-20)31-3;2*3-2(4,5)1(6)7/h4-5,8,11-13,15,23H,6-7,9-10,14,16-18H2,1-3H3;2*(H,6,7). The highest BCUT2D eigenvalue weighted by Gasteiger charge is 2.43. The molecule has 2 fully saturated rings. The zero-order valence-corrected chi connectivity index (χ0v) is 25.2. The number of likely N-dealkylation sites (N-methyl/N-ethyl adjacent to an activating group) is 1. The molecule has 11 nitrogen and oxygen atoms in total. The number of benzene rings is 1. The molecule has 1 aromatic heterocycles. The molecule has 2 aliphatic heterocycles. The van der Waals surface area contributed by atoms with Crippen LogP contribution in [0.2, 0.25) is 0 Å². The summed E-state index contributed by atoms with van der Waals surface area (Å²) in [6.45, 7) is 4.06. The molecule has 46 heavy (non-hydrogen) atoms. The van der Waals surface area contributed by atoms with Crippen LogP contribution in [0.1, 0.15) is 35.2 Å². The lowest BCUT2D eigenvalue weighted by molar-refractivity contribution is -0.193. The summed E-state index contributed by atoms with van der Waals surface area (Å²) < 4.78 is 80.3. The van der Waals surface area contributed by atoms with Crippen molar-refractivity contribution in [1.82, 2.24) is 14.8 Å². The molecule has 3 heterocycles. The number of ether oxygens (including phenoxy) is 3. The Labute approximate surface area is 260 Å². The number of aliphatic carboxylic acids is 2. The average molecular weight is 668 g/mol. The minimum atomic E-state index is -5.08. The Bertz CT molecular complexity index is 1260. The number of likely N-dealkylation sites (tertiary alicyclic amines) is 1. The second kappa shape index (κ2) is 16.4. The molecule has 2 aliphatic rings. The van der Waals surface area contributed by atoms with E-state index in [9.17, 15) is 31.1 Å². The summed E-state index contributed by atoms with van der Waals surface area (Å²) in [4.78, 5) is 39.3. The van der Waals surface area contributed by atoms with Crippen molar-refractivity contribution in [2.75, 3.05) is 47.5 Å². The quantitative estimate of drug-likeness (QED) is 0.406. The molecular weight excluding hydrogens is 632 g/mol. The Balaban J connectivity index is 0.000000440. The SMILES string of the molecule is COc1cc(OC)cc(C(=O)N2CCC3(CC2)COC(CN(C)Cc2cccnc2)C3)c1.O=C(O)C(F)(F)F.O=C(O)C(F)(F)F. The van der Waals surface area contributed by atoms with Crippen LogP contribution in [-0.2, 0) is 20.9 Å². The number of halogens is 6. The Kier molecular flexibility index (Phi) is 13.6. The molecule has 2 saturated heterocycles. The predicted molar refractivity (Wildman–Crippen MR) is 149 cm³/mol. The first kappa shape index (κ1) is 38.1. The summed E-state index contributed by atoms with van der Waals surface area (Å²) in [5.41, 5.74) is 2.00. The van der Waals surface area contributed by atoms with Gasteiger partial charge < -0.3 is 29.3 Å². The van der Waals surface area contributed by atoms with Crippen LogP contribution >= 0.6 is 0 Å². The van der Waals surface area contributed by atoms with Crippen molar-refractivity contribution in [2.24, 2.45) is 5.41 Å². The Morgan fingerprint density at radius 2 is 1.52 bits per heavy atom. The monoisotopic (exact) mass is 667 g/mol. The van der Waals surface area contributed by atoms with Crippen molar-refractivity contribution < 1.29 is 65.1 Å². The van der Waals surface area contributed by atoms with Gasteiger partial charge in [-0.1, -0.05) is 6.07 Å². The van der Waals surface area contributed by atoms with E-state index < -0.39 is 24.3 Å². The molecule has 1 atom stereocenters. The van der Waals surface area contributed by atoms with Gasteiger partial charge in [0.1, 0.15) is 11.5 Å². The minimum absolute atomic E-state index is 0.0312. The van der Waals surface area contributed by atoms with Crippen molar-refractivity contribution in [3.05, 3.63) is 53.9 Å². The van der Waals surface area contributed by atoms with Crippen LogP contribution in [-0.4, -0.2) is 109 Å². The largest absolute Gasteiger partial charge is 0.497 e. The van der Waals surface area contributed by atoms with Gasteiger partial charge in [-0.05, 0) is 55.5 Å². The zero-order chi connectivity index (χ0) is 34.7. The average Bonchev–Trinajstić information content (AvgIpc) is 3.38. The van der Waals surface area contributed by atoms with Crippen LogP contribution < -0.4 is 9.47 Å². The number of hydrogen-bond donors (Lipinski definition) is 2. The smallest absolute Gasteiger partial charge is 0.490 e. The van der Waals surface area contributed by atoms with Gasteiger partial charge in [-0.3, -0.25) is 14.7 Å². The number of hydrogen-bond acceptors (Lipinski definition) is 8. The number of rotatable bonds is 7. The second-order valence-corrected chi connectivity index (χ2v) is 10.7. The van der Waals surface area contributed by atoms with E-state index in [1.165, 1.54) is 5.56 Å². The molecule has 0 radical (unpaired) electrons. The van der Waals surface area contributed by atoms with Gasteiger partial charge in [0.25, 0.3) is 5.91 Å². The second-order valence-electron chi connectivity index (χ2n) is 10.7. The number of pyridine rings is 1.